The van der Waals surface area contributed by atoms with E-state index < -0.39 is 0 Å². The van der Waals surface area contributed by atoms with E-state index in [9.17, 15) is 4.79 Å². The highest BCUT2D eigenvalue weighted by atomic mass is 16.1. The van der Waals surface area contributed by atoms with Crippen LogP contribution in [0.3, 0.4) is 0 Å². The molecule has 1 amide bonds. The zero-order valence-corrected chi connectivity index (χ0v) is 10.3. The zero-order valence-electron chi connectivity index (χ0n) is 10.3. The molecule has 0 aliphatic carbocycles. The van der Waals surface area contributed by atoms with Crippen molar-refractivity contribution in [2.24, 2.45) is 11.7 Å². The van der Waals surface area contributed by atoms with Crippen LogP contribution in [-0.2, 0) is 11.2 Å². The second kappa shape index (κ2) is 5.50. The smallest absolute Gasteiger partial charge is 0.221 e. The molecule has 92 valence electrons. The quantitative estimate of drug-likeness (QED) is 0.801. The fourth-order valence-corrected chi connectivity index (χ4v) is 2.24. The summed E-state index contributed by atoms with van der Waals surface area (Å²) in [7, 11) is 0. The maximum atomic E-state index is 11.4. The molecule has 2 aromatic carbocycles. The van der Waals surface area contributed by atoms with Crippen LogP contribution in [-0.4, -0.2) is 5.91 Å². The van der Waals surface area contributed by atoms with E-state index in [4.69, 9.17) is 5.73 Å². The molecule has 0 aliphatic heterocycles. The van der Waals surface area contributed by atoms with Gasteiger partial charge in [0.15, 0.2) is 0 Å². The third-order valence-electron chi connectivity index (χ3n) is 3.20. The lowest BCUT2D eigenvalue weighted by molar-refractivity contribution is -0.121. The number of hydrogen-bond donors (Lipinski definition) is 1. The SMILES string of the molecule is C=CC[C@H](Cc1cccc2ccccc12)C(N)=O. The van der Waals surface area contributed by atoms with Crippen LogP contribution in [0.25, 0.3) is 10.8 Å². The molecule has 0 heterocycles. The van der Waals surface area contributed by atoms with Gasteiger partial charge in [-0.2, -0.15) is 0 Å². The van der Waals surface area contributed by atoms with E-state index >= 15 is 0 Å². The third kappa shape index (κ3) is 2.59. The number of primary amides is 1. The molecular weight excluding hydrogens is 222 g/mol. The van der Waals surface area contributed by atoms with Gasteiger partial charge in [-0.3, -0.25) is 4.79 Å². The fourth-order valence-electron chi connectivity index (χ4n) is 2.24. The summed E-state index contributed by atoms with van der Waals surface area (Å²) >= 11 is 0. The predicted octanol–water partition coefficient (Wildman–Crippen LogP) is 3.06. The van der Waals surface area contributed by atoms with Gasteiger partial charge in [0.05, 0.1) is 0 Å². The van der Waals surface area contributed by atoms with Crippen molar-refractivity contribution in [2.45, 2.75) is 12.8 Å². The van der Waals surface area contributed by atoms with Crippen LogP contribution >= 0.6 is 0 Å². The Balaban J connectivity index is 2.36. The van der Waals surface area contributed by atoms with Crippen molar-refractivity contribution < 1.29 is 4.79 Å². The molecule has 2 N–H and O–H groups in total. The average Bonchev–Trinajstić information content (AvgIpc) is 2.38. The maximum absolute atomic E-state index is 11.4. The first kappa shape index (κ1) is 12.4. The molecule has 0 fully saturated rings. The monoisotopic (exact) mass is 239 g/mol. The molecule has 2 nitrogen and oxygen atoms in total. The van der Waals surface area contributed by atoms with Crippen molar-refractivity contribution in [1.82, 2.24) is 0 Å². The number of rotatable bonds is 5. The summed E-state index contributed by atoms with van der Waals surface area (Å²) in [6.45, 7) is 3.68. The van der Waals surface area contributed by atoms with Gasteiger partial charge in [-0.25, -0.2) is 0 Å². The minimum Gasteiger partial charge on any atom is -0.369 e. The first-order valence-electron chi connectivity index (χ1n) is 6.09. The lowest BCUT2D eigenvalue weighted by atomic mass is 9.92. The van der Waals surface area contributed by atoms with E-state index in [1.165, 1.54) is 16.3 Å². The molecule has 18 heavy (non-hydrogen) atoms. The lowest BCUT2D eigenvalue weighted by Gasteiger charge is -2.13. The van der Waals surface area contributed by atoms with Gasteiger partial charge in [0, 0.05) is 5.92 Å². The highest BCUT2D eigenvalue weighted by Gasteiger charge is 2.15. The van der Waals surface area contributed by atoms with Gasteiger partial charge < -0.3 is 5.73 Å². The van der Waals surface area contributed by atoms with Crippen LogP contribution < -0.4 is 5.73 Å². The molecule has 2 rings (SSSR count). The first-order valence-corrected chi connectivity index (χ1v) is 6.09. The number of benzene rings is 2. The van der Waals surface area contributed by atoms with E-state index in [0.717, 1.165) is 0 Å². The number of hydrogen-bond acceptors (Lipinski definition) is 1. The van der Waals surface area contributed by atoms with Gasteiger partial charge >= 0.3 is 0 Å². The molecule has 0 aliphatic rings. The van der Waals surface area contributed by atoms with E-state index in [2.05, 4.69) is 30.8 Å². The molecule has 0 aromatic heterocycles. The minimum absolute atomic E-state index is 0.173. The largest absolute Gasteiger partial charge is 0.369 e. The summed E-state index contributed by atoms with van der Waals surface area (Å²) < 4.78 is 0. The molecule has 0 saturated heterocycles. The van der Waals surface area contributed by atoms with Crippen molar-refractivity contribution >= 4 is 16.7 Å². The standard InChI is InChI=1S/C16H17NO/c1-2-6-14(16(17)18)11-13-9-5-8-12-7-3-4-10-15(12)13/h2-5,7-10,14H,1,6,11H2,(H2,17,18)/t14-/m1/s1. The molecule has 0 saturated carbocycles. The Bertz CT molecular complexity index is 569. The van der Waals surface area contributed by atoms with Crippen LogP contribution in [0.4, 0.5) is 0 Å². The van der Waals surface area contributed by atoms with Crippen LogP contribution in [0.2, 0.25) is 0 Å². The van der Waals surface area contributed by atoms with E-state index in [0.29, 0.717) is 12.8 Å². The minimum atomic E-state index is -0.261. The van der Waals surface area contributed by atoms with Crippen molar-refractivity contribution in [2.75, 3.05) is 0 Å². The van der Waals surface area contributed by atoms with Crippen molar-refractivity contribution in [3.8, 4) is 0 Å². The second-order valence-corrected chi connectivity index (χ2v) is 4.47. The highest BCUT2D eigenvalue weighted by molar-refractivity contribution is 5.86. The molecule has 1 atom stereocenters. The number of carbonyl (C=O) groups excluding carboxylic acids is 1. The molecule has 0 unspecified atom stereocenters. The van der Waals surface area contributed by atoms with Gasteiger partial charge in [-0.1, -0.05) is 48.5 Å². The molecule has 2 aromatic rings. The number of allylic oxidation sites excluding steroid dienone is 1. The Morgan fingerprint density at radius 2 is 1.94 bits per heavy atom. The molecule has 0 radical (unpaired) electrons. The Hall–Kier alpha value is -2.09. The Morgan fingerprint density at radius 3 is 2.67 bits per heavy atom. The van der Waals surface area contributed by atoms with E-state index in [1.54, 1.807) is 6.08 Å². The van der Waals surface area contributed by atoms with Crippen LogP contribution in [0.15, 0.2) is 55.1 Å². The van der Waals surface area contributed by atoms with Gasteiger partial charge in [-0.05, 0) is 29.2 Å². The van der Waals surface area contributed by atoms with Crippen LogP contribution in [0, 0.1) is 5.92 Å². The van der Waals surface area contributed by atoms with Crippen molar-refractivity contribution in [3.05, 3.63) is 60.7 Å². The predicted molar refractivity (Wildman–Crippen MR) is 75.2 cm³/mol. The fraction of sp³-hybridized carbons (Fsp3) is 0.188. The Kier molecular flexibility index (Phi) is 3.78. The van der Waals surface area contributed by atoms with Crippen molar-refractivity contribution in [3.63, 3.8) is 0 Å². The van der Waals surface area contributed by atoms with Gasteiger partial charge in [0.25, 0.3) is 0 Å². The maximum Gasteiger partial charge on any atom is 0.221 e. The summed E-state index contributed by atoms with van der Waals surface area (Å²) in [4.78, 5) is 11.4. The van der Waals surface area contributed by atoms with E-state index in [-0.39, 0.29) is 11.8 Å². The lowest BCUT2D eigenvalue weighted by Crippen LogP contribution is -2.24. The second-order valence-electron chi connectivity index (χ2n) is 4.47. The Labute approximate surface area is 107 Å². The van der Waals surface area contributed by atoms with Gasteiger partial charge in [-0.15, -0.1) is 6.58 Å². The van der Waals surface area contributed by atoms with Crippen LogP contribution in [0.1, 0.15) is 12.0 Å². The molecule has 0 bridgehead atoms. The normalized spacial score (nSPS) is 12.2. The number of carbonyl (C=O) groups is 1. The van der Waals surface area contributed by atoms with Crippen molar-refractivity contribution in [1.29, 1.82) is 0 Å². The number of amides is 1. The number of fused-ring (bicyclic) bond motifs is 1. The molecule has 2 heteroatoms. The zero-order chi connectivity index (χ0) is 13.0. The number of nitrogens with two attached hydrogens (primary N) is 1. The van der Waals surface area contributed by atoms with Crippen LogP contribution in [0.5, 0.6) is 0 Å². The van der Waals surface area contributed by atoms with Gasteiger partial charge in [0.2, 0.25) is 5.91 Å². The Morgan fingerprint density at radius 1 is 1.22 bits per heavy atom. The summed E-state index contributed by atoms with van der Waals surface area (Å²) in [6, 6.07) is 14.3. The summed E-state index contributed by atoms with van der Waals surface area (Å²) in [5, 5.41) is 2.38. The van der Waals surface area contributed by atoms with E-state index in [1.807, 2.05) is 18.2 Å². The average molecular weight is 239 g/mol. The summed E-state index contributed by atoms with van der Waals surface area (Å²) in [5.74, 6) is -0.434. The summed E-state index contributed by atoms with van der Waals surface area (Å²) in [6.07, 6.45) is 3.04. The summed E-state index contributed by atoms with van der Waals surface area (Å²) in [5.41, 5.74) is 6.59. The third-order valence-corrected chi connectivity index (χ3v) is 3.20. The topological polar surface area (TPSA) is 43.1 Å². The highest BCUT2D eigenvalue weighted by Crippen LogP contribution is 2.22. The molecular formula is C16H17NO. The first-order chi connectivity index (χ1) is 8.72. The molecule has 0 spiro atoms. The van der Waals surface area contributed by atoms with Gasteiger partial charge in [0.1, 0.15) is 0 Å².